The van der Waals surface area contributed by atoms with Crippen LogP contribution in [0.3, 0.4) is 0 Å². The van der Waals surface area contributed by atoms with Gasteiger partial charge >= 0.3 is 58.6 Å². The lowest BCUT2D eigenvalue weighted by Crippen LogP contribution is -2.41. The molecular weight excluding hydrogens is 1490 g/mol. The first-order valence-corrected chi connectivity index (χ1v) is 32.3. The molecule has 0 aromatic carbocycles. The van der Waals surface area contributed by atoms with Crippen molar-refractivity contribution in [3.05, 3.63) is 176 Å². The second-order valence-electron chi connectivity index (χ2n) is 29.7. The maximum absolute atomic E-state index is 13.0. The van der Waals surface area contributed by atoms with Crippen LogP contribution in [0.2, 0.25) is 0 Å². The van der Waals surface area contributed by atoms with Crippen LogP contribution in [0.4, 0.5) is 40.7 Å². The first-order chi connectivity index (χ1) is 48.9. The monoisotopic (exact) mass is 1600 g/mol. The van der Waals surface area contributed by atoms with Gasteiger partial charge in [-0.3, -0.25) is 86.6 Å². The number of carbonyl (C=O) groups is 8. The lowest BCUT2D eigenvalue weighted by molar-refractivity contribution is -0.146. The Balaban J connectivity index is -0.000000617. The van der Waals surface area contributed by atoms with E-state index in [1.54, 1.807) is 19.9 Å². The molecule has 1 aliphatic heterocycles. The Kier molecular flexibility index (Phi) is 44.8. The van der Waals surface area contributed by atoms with Crippen LogP contribution < -0.4 is 66.9 Å². The first-order valence-electron chi connectivity index (χ1n) is 32.3. The number of nitrogens with one attached hydrogen (secondary N) is 7. The normalized spacial score (nSPS) is 11.7. The van der Waals surface area contributed by atoms with E-state index in [9.17, 15) is 113 Å². The van der Waals surface area contributed by atoms with Crippen molar-refractivity contribution in [1.29, 1.82) is 0 Å². The van der Waals surface area contributed by atoms with Gasteiger partial charge in [0.2, 0.25) is 46.7 Å². The number of allylic oxidation sites excluding steroid dienone is 1. The number of esters is 2. The van der Waals surface area contributed by atoms with E-state index < -0.39 is 159 Å². The maximum atomic E-state index is 13.0. The summed E-state index contributed by atoms with van der Waals surface area (Å²) >= 11 is 0. The maximum Gasteiger partial charge on any atom is 0.420 e. The van der Waals surface area contributed by atoms with Gasteiger partial charge in [0.25, 0.3) is 27.8 Å². The molecule has 6 heterocycles. The number of ketones is 1. The Labute approximate surface area is 634 Å². The van der Waals surface area contributed by atoms with E-state index in [2.05, 4.69) is 10.6 Å². The Bertz CT molecular complexity index is 4640. The number of hydrogen-bond donors (Lipinski definition) is 7. The molecule has 5 aromatic heterocycles. The number of carbonyl (C=O) groups excluding carboxylic acids is 8. The molecule has 0 spiro atoms. The summed E-state index contributed by atoms with van der Waals surface area (Å²) in [5.41, 5.74) is -10.3. The minimum Gasteiger partial charge on any atom is -0.465 e. The molecule has 0 saturated carbocycles. The Hall–Kier alpha value is -11.3. The predicted molar refractivity (Wildman–Crippen MR) is 397 cm³/mol. The Morgan fingerprint density at radius 2 is 0.838 bits per heavy atom. The average molecular weight is 1600 g/mol. The number of aromatic nitrogens is 10. The lowest BCUT2D eigenvalue weighted by atomic mass is 9.92. The molecule has 0 radical (unpaired) electrons. The zero-order chi connectivity index (χ0) is 82.6. The van der Waals surface area contributed by atoms with Crippen molar-refractivity contribution < 1.29 is 83.6 Å². The third-order valence-electron chi connectivity index (χ3n) is 12.5. The topological polar surface area (TPSA) is 475 Å². The van der Waals surface area contributed by atoms with Crippen molar-refractivity contribution in [1.82, 2.24) is 63.3 Å². The molecule has 4 amide bonds. The highest BCUT2D eigenvalue weighted by atomic mass is 19.1. The van der Waals surface area contributed by atoms with Crippen LogP contribution in [0.25, 0.3) is 0 Å². The largest absolute Gasteiger partial charge is 0.465 e. The number of hydrogen-bond acceptors (Lipinski definition) is 22. The summed E-state index contributed by atoms with van der Waals surface area (Å²) in [4.78, 5) is 210. The second-order valence-corrected chi connectivity index (χ2v) is 29.7. The van der Waals surface area contributed by atoms with Crippen LogP contribution in [0.1, 0.15) is 184 Å². The van der Waals surface area contributed by atoms with E-state index in [0.717, 1.165) is 26.3 Å². The van der Waals surface area contributed by atoms with Gasteiger partial charge in [-0.15, -0.1) is 0 Å². The van der Waals surface area contributed by atoms with Crippen molar-refractivity contribution >= 4 is 47.8 Å². The van der Waals surface area contributed by atoms with E-state index >= 15 is 0 Å². The van der Waals surface area contributed by atoms with Crippen LogP contribution in [-0.4, -0.2) is 133 Å². The fourth-order valence-corrected chi connectivity index (χ4v) is 7.08. The molecule has 111 heavy (non-hydrogen) atoms. The fraction of sp³-hybridized carbons (Fsp3) is 0.571. The molecule has 0 bridgehead atoms. The minimum absolute atomic E-state index is 0. The zero-order valence-electron chi connectivity index (χ0n) is 62.2. The van der Waals surface area contributed by atoms with Crippen LogP contribution in [0.15, 0.2) is 91.0 Å². The summed E-state index contributed by atoms with van der Waals surface area (Å²) in [5.74, 6) is -10.3. The number of nitrogens with zero attached hydrogens (tertiary/aromatic N) is 6. The summed E-state index contributed by atoms with van der Waals surface area (Å²) in [5, 5.41) is 4.99. The molecule has 41 heteroatoms. The van der Waals surface area contributed by atoms with Gasteiger partial charge in [0.1, 0.15) is 6.54 Å². The molecule has 7 N–H and O–H groups in total. The molecule has 0 fully saturated rings. The number of imide groups is 1. The summed E-state index contributed by atoms with van der Waals surface area (Å²) in [6, 6.07) is -0.764. The third kappa shape index (κ3) is 42.9. The predicted octanol–water partition coefficient (Wildman–Crippen LogP) is 7.07. The van der Waals surface area contributed by atoms with Gasteiger partial charge in [-0.1, -0.05) is 147 Å². The molecule has 6 rings (SSSR count). The highest BCUT2D eigenvalue weighted by Crippen LogP contribution is 2.20. The van der Waals surface area contributed by atoms with Gasteiger partial charge in [-0.2, -0.15) is 22.0 Å². The van der Waals surface area contributed by atoms with E-state index in [1.165, 1.54) is 0 Å². The molecule has 35 nitrogen and oxygen atoms in total. The molecule has 0 atom stereocenters. The molecule has 0 aliphatic carbocycles. The number of rotatable bonds is 16. The third-order valence-corrected chi connectivity index (χ3v) is 12.5. The van der Waals surface area contributed by atoms with E-state index in [4.69, 9.17) is 18.9 Å². The number of aromatic amines is 5. The molecule has 1 aliphatic rings. The molecule has 0 unspecified atom stereocenters. The molecule has 5 aromatic rings. The van der Waals surface area contributed by atoms with Gasteiger partial charge < -0.3 is 29.6 Å². The first kappa shape index (κ1) is 106. The van der Waals surface area contributed by atoms with Crippen LogP contribution in [-0.2, 0) is 57.9 Å². The second kappa shape index (κ2) is 46.9. The van der Waals surface area contributed by atoms with Crippen LogP contribution >= 0.6 is 0 Å². The number of alkyl carbamates (subject to hydrolysis) is 1. The van der Waals surface area contributed by atoms with Crippen molar-refractivity contribution in [3.8, 4) is 0 Å². The van der Waals surface area contributed by atoms with Gasteiger partial charge in [0.05, 0.1) is 69.8 Å². The van der Waals surface area contributed by atoms with Crippen molar-refractivity contribution in [2.75, 3.05) is 32.9 Å². The standard InChI is InChI=1S/C13H17FN2O5.C12H18FN3O4.C11H16FN3O3.C11H14FNO4.C10H13FN2O4.C9H13FN2O2.4CH4/c1-13(2,3)7-21-10(18)5-4-9(17)16-6-8(14)11(19)15-12(16)20;1-12(2,3)4-5-14-11(19)20-7-16-6-8(13)9(17)15-10(16)18;1-11(2,3)4-5-13-9(17)15-6-7(12)8(16)14-10(15)18;1-11(2,3)6-17-10(16)13-5-7(12)8(14)4-9(13)15;1-6(2)5-17-8(14)4-13-3-7(11)9(15)12-10(13)16;1-9(2,3)5-12-4-6(10)7(13)11-8(12)14;;;;/h6H,4-5,7H2,1-3H3,(H,15,19,20);6H,4-5,7H2,1-3H3,(H,14,19)(H,15,17,18);6H,4-5H2,1-3H3,(H,13,17)(H,14,16,18);5H,4,6H2,1-3H3;3,6H,4-5H2,1-2H3,(H,12,15,16);4H,5H2,1-3H3,(H,11,13,14);4*1H4. The highest BCUT2D eigenvalue weighted by molar-refractivity contribution is 6.12. The Morgan fingerprint density at radius 3 is 1.28 bits per heavy atom. The number of amides is 4. The summed E-state index contributed by atoms with van der Waals surface area (Å²) < 4.78 is 101. The highest BCUT2D eigenvalue weighted by Gasteiger charge is 2.32. The van der Waals surface area contributed by atoms with E-state index in [-0.39, 0.29) is 95.4 Å². The van der Waals surface area contributed by atoms with E-state index in [0.29, 0.717) is 71.1 Å². The number of Topliss-reactive ketones (excluding diaryl/α,β-unsaturated/α-hetero) is 1. The van der Waals surface area contributed by atoms with Gasteiger partial charge in [0, 0.05) is 26.1 Å². The van der Waals surface area contributed by atoms with Crippen molar-refractivity contribution in [2.45, 2.75) is 199 Å². The van der Waals surface area contributed by atoms with Crippen LogP contribution in [0.5, 0.6) is 0 Å². The van der Waals surface area contributed by atoms with Crippen molar-refractivity contribution in [3.63, 3.8) is 0 Å². The quantitative estimate of drug-likeness (QED) is 0.0225. The SMILES string of the molecule is C.C.C.C.CC(C)(C)CCNC(=O)OCn1cc(F)c(=O)[nH]c1=O.CC(C)(C)CCNC(=O)n1cc(F)c(=O)[nH]c1=O.CC(C)(C)COC(=O)CCC(=O)n1cc(F)c(=O)[nH]c1=O.CC(C)(C)COC(=O)N1C=C(F)C(=O)CC1=O.CC(C)(C)Cn1cc(F)c(=O)[nH]c1=O.CC(C)COC(=O)Cn1cc(F)c(=O)[nH]c1=O. The zero-order valence-corrected chi connectivity index (χ0v) is 62.2. The van der Waals surface area contributed by atoms with Gasteiger partial charge in [-0.05, 0) is 45.8 Å². The number of H-pyrrole nitrogens is 5. The van der Waals surface area contributed by atoms with Crippen molar-refractivity contribution in [2.24, 2.45) is 33.0 Å². The Morgan fingerprint density at radius 1 is 0.450 bits per heavy atom. The number of ether oxygens (including phenoxy) is 4. The van der Waals surface area contributed by atoms with Gasteiger partial charge in [0.15, 0.2) is 12.6 Å². The lowest BCUT2D eigenvalue weighted by Gasteiger charge is -2.23. The van der Waals surface area contributed by atoms with Gasteiger partial charge in [-0.25, -0.2) is 56.8 Å². The molecule has 0 saturated heterocycles. The fourth-order valence-electron chi connectivity index (χ4n) is 7.08. The molecular formula is C70H107F6N13O22. The smallest absolute Gasteiger partial charge is 0.420 e. The average Bonchev–Trinajstić information content (AvgIpc) is 0.880. The van der Waals surface area contributed by atoms with E-state index in [1.807, 2.05) is 123 Å². The summed E-state index contributed by atoms with van der Waals surface area (Å²) in [7, 11) is 0. The summed E-state index contributed by atoms with van der Waals surface area (Å²) in [6.07, 6.45) is 2.53. The summed E-state index contributed by atoms with van der Waals surface area (Å²) in [6.45, 7) is 33.5. The van der Waals surface area contributed by atoms with Crippen LogP contribution in [0, 0.1) is 62.1 Å². The molecule has 626 valence electrons. The minimum atomic E-state index is -1.25. The number of halogens is 6.